The fourth-order valence-electron chi connectivity index (χ4n) is 9.24. The predicted molar refractivity (Wildman–Crippen MR) is 259 cm³/mol. The van der Waals surface area contributed by atoms with Crippen LogP contribution < -0.4 is 0 Å². The summed E-state index contributed by atoms with van der Waals surface area (Å²) in [6, 6.07) is 69.6. The molecular weight excluding hydrogens is 781 g/mol. The molecule has 13 rings (SSSR count). The number of nitrogens with zero attached hydrogens (tertiary/aromatic N) is 4. The van der Waals surface area contributed by atoms with Gasteiger partial charge in [0.25, 0.3) is 0 Å². The van der Waals surface area contributed by atoms with Gasteiger partial charge in [0, 0.05) is 62.2 Å². The molecule has 13 aromatic rings. The van der Waals surface area contributed by atoms with Crippen LogP contribution in [0, 0.1) is 0 Å². The molecule has 0 aliphatic heterocycles. The number of rotatable bonds is 5. The molecule has 0 N–H and O–H groups in total. The van der Waals surface area contributed by atoms with Crippen LogP contribution in [0.3, 0.4) is 0 Å². The summed E-state index contributed by atoms with van der Waals surface area (Å²) >= 11 is 3.61. The number of thiophene rings is 2. The topological polar surface area (TPSA) is 43.6 Å². The molecule has 0 bridgehead atoms. The standard InChI is InChI=1S/C55H32N4S2/c1-2-13-33(14-3-1)34-25-27-35(28-26-34)53-56-54(42-21-12-20-40-39-18-7-10-23-47(39)61-52(40)42)58-55(57-53)51-45(29-30-49-50(51)41-19-8-11-24-48(41)60-49)59-44-22-9-6-17-38(44)43-31-36-15-4-5-16-37(36)32-46(43)59/h1-32H. The molecule has 0 amide bonds. The van der Waals surface area contributed by atoms with Crippen molar-refractivity contribution in [2.24, 2.45) is 0 Å². The molecule has 6 heteroatoms. The number of fused-ring (bicyclic) bond motifs is 10. The highest BCUT2D eigenvalue weighted by molar-refractivity contribution is 7.26. The largest absolute Gasteiger partial charge is 0.308 e. The molecule has 0 aliphatic carbocycles. The molecule has 284 valence electrons. The van der Waals surface area contributed by atoms with E-state index < -0.39 is 0 Å². The van der Waals surface area contributed by atoms with Crippen molar-refractivity contribution in [3.05, 3.63) is 194 Å². The summed E-state index contributed by atoms with van der Waals surface area (Å²) in [6.45, 7) is 0. The van der Waals surface area contributed by atoms with Crippen molar-refractivity contribution in [1.82, 2.24) is 19.5 Å². The zero-order valence-corrected chi connectivity index (χ0v) is 34.2. The third kappa shape index (κ3) is 5.39. The van der Waals surface area contributed by atoms with Crippen LogP contribution in [-0.2, 0) is 0 Å². The van der Waals surface area contributed by atoms with Crippen LogP contribution in [0.15, 0.2) is 194 Å². The third-order valence-electron chi connectivity index (χ3n) is 12.1. The van der Waals surface area contributed by atoms with Gasteiger partial charge in [0.1, 0.15) is 0 Å². The van der Waals surface area contributed by atoms with Gasteiger partial charge >= 0.3 is 0 Å². The minimum absolute atomic E-state index is 0.633. The van der Waals surface area contributed by atoms with Crippen molar-refractivity contribution >= 4 is 95.6 Å². The number of aromatic nitrogens is 4. The molecule has 0 saturated carbocycles. The van der Waals surface area contributed by atoms with E-state index in [2.05, 4.69) is 199 Å². The molecular formula is C55H32N4S2. The van der Waals surface area contributed by atoms with Gasteiger partial charge in [-0.25, -0.2) is 15.0 Å². The Kier molecular flexibility index (Phi) is 7.61. The van der Waals surface area contributed by atoms with E-state index in [4.69, 9.17) is 15.0 Å². The predicted octanol–water partition coefficient (Wildman–Crippen LogP) is 15.5. The first-order chi connectivity index (χ1) is 30.2. The molecule has 0 saturated heterocycles. The molecule has 4 nitrogen and oxygen atoms in total. The zero-order chi connectivity index (χ0) is 40.0. The highest BCUT2D eigenvalue weighted by atomic mass is 32.1. The lowest BCUT2D eigenvalue weighted by molar-refractivity contribution is 1.07. The van der Waals surface area contributed by atoms with E-state index in [-0.39, 0.29) is 0 Å². The molecule has 0 fully saturated rings. The van der Waals surface area contributed by atoms with Gasteiger partial charge in [-0.3, -0.25) is 0 Å². The van der Waals surface area contributed by atoms with Crippen LogP contribution >= 0.6 is 22.7 Å². The Morgan fingerprint density at radius 1 is 0.361 bits per heavy atom. The molecule has 0 radical (unpaired) electrons. The molecule has 4 aromatic heterocycles. The quantitative estimate of drug-likeness (QED) is 0.174. The second kappa shape index (κ2) is 13.5. The Morgan fingerprint density at radius 2 is 0.984 bits per heavy atom. The van der Waals surface area contributed by atoms with Crippen LogP contribution in [0.2, 0.25) is 0 Å². The summed E-state index contributed by atoms with van der Waals surface area (Å²) < 4.78 is 7.26. The van der Waals surface area contributed by atoms with Crippen LogP contribution in [0.1, 0.15) is 0 Å². The first-order valence-corrected chi connectivity index (χ1v) is 22.1. The summed E-state index contributed by atoms with van der Waals surface area (Å²) in [5.41, 5.74) is 8.53. The smallest absolute Gasteiger partial charge is 0.166 e. The van der Waals surface area contributed by atoms with Crippen molar-refractivity contribution in [3.8, 4) is 51.0 Å². The summed E-state index contributed by atoms with van der Waals surface area (Å²) in [4.78, 5) is 16.5. The van der Waals surface area contributed by atoms with Gasteiger partial charge in [-0.05, 0) is 70.4 Å². The van der Waals surface area contributed by atoms with Crippen molar-refractivity contribution < 1.29 is 0 Å². The van der Waals surface area contributed by atoms with Gasteiger partial charge in [-0.15, -0.1) is 22.7 Å². The van der Waals surface area contributed by atoms with Crippen molar-refractivity contribution in [1.29, 1.82) is 0 Å². The number of hydrogen-bond acceptors (Lipinski definition) is 5. The van der Waals surface area contributed by atoms with Gasteiger partial charge in [-0.2, -0.15) is 0 Å². The normalized spacial score (nSPS) is 11.9. The monoisotopic (exact) mass is 812 g/mol. The Morgan fingerprint density at radius 3 is 1.82 bits per heavy atom. The molecule has 4 heterocycles. The Hall–Kier alpha value is -7.51. The van der Waals surface area contributed by atoms with E-state index in [0.29, 0.717) is 17.5 Å². The SMILES string of the molecule is c1ccc(-c2ccc(-c3nc(-c4cccc5c4sc4ccccc45)nc(-c4c(-n5c6ccccc6c6cc7ccccc7cc65)ccc5sc6ccccc6c45)n3)cc2)cc1. The lowest BCUT2D eigenvalue weighted by Crippen LogP contribution is -2.04. The van der Waals surface area contributed by atoms with Gasteiger partial charge in [-0.1, -0.05) is 146 Å². The minimum Gasteiger partial charge on any atom is -0.308 e. The van der Waals surface area contributed by atoms with Crippen LogP contribution in [0.4, 0.5) is 0 Å². The molecule has 0 spiro atoms. The first kappa shape index (κ1) is 34.4. The average Bonchev–Trinajstić information content (AvgIpc) is 4.00. The summed E-state index contributed by atoms with van der Waals surface area (Å²) in [6.07, 6.45) is 0. The van der Waals surface area contributed by atoms with Gasteiger partial charge < -0.3 is 4.57 Å². The van der Waals surface area contributed by atoms with Crippen LogP contribution in [0.5, 0.6) is 0 Å². The second-order valence-electron chi connectivity index (χ2n) is 15.5. The lowest BCUT2D eigenvalue weighted by atomic mass is 10.0. The molecule has 0 aliphatic rings. The fourth-order valence-corrected chi connectivity index (χ4v) is 11.6. The Bertz CT molecular complexity index is 3880. The summed E-state index contributed by atoms with van der Waals surface area (Å²) in [5.74, 6) is 1.93. The first-order valence-electron chi connectivity index (χ1n) is 20.4. The maximum absolute atomic E-state index is 5.58. The van der Waals surface area contributed by atoms with E-state index in [1.54, 1.807) is 11.3 Å². The van der Waals surface area contributed by atoms with Crippen molar-refractivity contribution in [2.75, 3.05) is 0 Å². The maximum Gasteiger partial charge on any atom is 0.166 e. The highest BCUT2D eigenvalue weighted by Gasteiger charge is 2.25. The number of benzene rings is 9. The number of para-hydroxylation sites is 1. The maximum atomic E-state index is 5.58. The summed E-state index contributed by atoms with van der Waals surface area (Å²) in [5, 5.41) is 9.61. The van der Waals surface area contributed by atoms with E-state index >= 15 is 0 Å². The Balaban J connectivity index is 1.15. The van der Waals surface area contributed by atoms with E-state index in [0.717, 1.165) is 44.4 Å². The van der Waals surface area contributed by atoms with Gasteiger partial charge in [0.15, 0.2) is 17.5 Å². The van der Waals surface area contributed by atoms with E-state index in [1.165, 1.54) is 62.1 Å². The zero-order valence-electron chi connectivity index (χ0n) is 32.6. The second-order valence-corrected chi connectivity index (χ2v) is 17.7. The Labute approximate surface area is 358 Å². The van der Waals surface area contributed by atoms with Crippen molar-refractivity contribution in [3.63, 3.8) is 0 Å². The fraction of sp³-hybridized carbons (Fsp3) is 0. The van der Waals surface area contributed by atoms with Gasteiger partial charge in [0.05, 0.1) is 22.3 Å². The summed E-state index contributed by atoms with van der Waals surface area (Å²) in [7, 11) is 0. The lowest BCUT2D eigenvalue weighted by Gasteiger charge is -2.16. The average molecular weight is 813 g/mol. The van der Waals surface area contributed by atoms with Gasteiger partial charge in [0.2, 0.25) is 0 Å². The van der Waals surface area contributed by atoms with Crippen LogP contribution in [0.25, 0.3) is 124 Å². The highest BCUT2D eigenvalue weighted by Crippen LogP contribution is 2.46. The van der Waals surface area contributed by atoms with Crippen LogP contribution in [-0.4, -0.2) is 19.5 Å². The van der Waals surface area contributed by atoms with Crippen molar-refractivity contribution in [2.45, 2.75) is 0 Å². The molecule has 9 aromatic carbocycles. The molecule has 0 unspecified atom stereocenters. The molecule has 0 atom stereocenters. The minimum atomic E-state index is 0.633. The van der Waals surface area contributed by atoms with E-state index in [1.807, 2.05) is 11.3 Å². The number of hydrogen-bond donors (Lipinski definition) is 0. The molecule has 61 heavy (non-hydrogen) atoms. The van der Waals surface area contributed by atoms with E-state index in [9.17, 15) is 0 Å². The third-order valence-corrected chi connectivity index (χ3v) is 14.4.